The predicted molar refractivity (Wildman–Crippen MR) is 213 cm³/mol. The van der Waals surface area contributed by atoms with E-state index in [1.54, 1.807) is 0 Å². The Morgan fingerprint density at radius 2 is 0.553 bits per heavy atom. The first-order valence-corrected chi connectivity index (χ1v) is 24.4. The second-order valence-electron chi connectivity index (χ2n) is 15.6. The Hall–Kier alpha value is -0.360. The number of para-hydroxylation sites is 2. The topological polar surface area (TPSA) is 40.5 Å². The van der Waals surface area contributed by atoms with E-state index in [1.807, 2.05) is 0 Å². The van der Waals surface area contributed by atoms with Gasteiger partial charge in [-0.05, 0) is 137 Å². The third-order valence-corrected chi connectivity index (χ3v) is 10.4. The van der Waals surface area contributed by atoms with E-state index in [1.165, 1.54) is 151 Å². The maximum atomic E-state index is 10.7. The van der Waals surface area contributed by atoms with Crippen molar-refractivity contribution in [3.05, 3.63) is 58.7 Å². The molecule has 0 bridgehead atoms. The standard InChI is InChI=1S/2C18H26O.2C3H9P.Ta.3H/c2*19-18-16(14-8-3-1-4-9-14)12-7-13-17(18)15-10-5-2-6-11-15;2*1-4(2)3;;;;/h2*7,12-15,19H,1-6,8-11H2;2*1-3H3;;;;. The van der Waals surface area contributed by atoms with Crippen LogP contribution in [0.3, 0.4) is 0 Å². The van der Waals surface area contributed by atoms with Crippen LogP contribution >= 0.6 is 15.8 Å². The van der Waals surface area contributed by atoms with Crippen molar-refractivity contribution in [3.8, 4) is 11.5 Å². The molecule has 4 aliphatic carbocycles. The third kappa shape index (κ3) is 15.2. The molecule has 5 heteroatoms. The number of rotatable bonds is 4. The van der Waals surface area contributed by atoms with Crippen molar-refractivity contribution < 1.29 is 32.6 Å². The van der Waals surface area contributed by atoms with Crippen molar-refractivity contribution in [1.82, 2.24) is 0 Å². The van der Waals surface area contributed by atoms with E-state index in [2.05, 4.69) is 76.4 Å². The van der Waals surface area contributed by atoms with Crippen LogP contribution in [-0.2, 0) is 22.4 Å². The Morgan fingerprint density at radius 3 is 0.723 bits per heavy atom. The zero-order valence-electron chi connectivity index (χ0n) is 31.4. The van der Waals surface area contributed by atoms with Gasteiger partial charge in [0.15, 0.2) is 0 Å². The van der Waals surface area contributed by atoms with Gasteiger partial charge >= 0.3 is 22.4 Å². The van der Waals surface area contributed by atoms with Gasteiger partial charge in [-0.1, -0.05) is 113 Å². The van der Waals surface area contributed by atoms with Crippen LogP contribution in [-0.4, -0.2) is 50.2 Å². The fourth-order valence-electron chi connectivity index (χ4n) is 8.13. The van der Waals surface area contributed by atoms with Crippen molar-refractivity contribution in [2.45, 2.75) is 152 Å². The molecule has 0 amide bonds. The summed E-state index contributed by atoms with van der Waals surface area (Å²) in [7, 11) is 0.759. The van der Waals surface area contributed by atoms with Crippen molar-refractivity contribution in [3.63, 3.8) is 0 Å². The fraction of sp³-hybridized carbons (Fsp3) is 0.714. The number of hydrogen-bond donors (Lipinski definition) is 2. The van der Waals surface area contributed by atoms with E-state index in [9.17, 15) is 10.2 Å². The van der Waals surface area contributed by atoms with Gasteiger partial charge in [-0.15, -0.1) is 15.8 Å². The minimum atomic E-state index is 0. The molecule has 4 aliphatic rings. The van der Waals surface area contributed by atoms with Gasteiger partial charge in [0.05, 0.1) is 0 Å². The zero-order chi connectivity index (χ0) is 33.3. The molecule has 2 aromatic carbocycles. The van der Waals surface area contributed by atoms with Crippen LogP contribution in [0.2, 0.25) is 0 Å². The Morgan fingerprint density at radius 1 is 0.383 bits per heavy atom. The van der Waals surface area contributed by atoms with Crippen LogP contribution in [0.25, 0.3) is 0 Å². The second kappa shape index (κ2) is 23.9. The first-order chi connectivity index (χ1) is 22.2. The second-order valence-corrected chi connectivity index (χ2v) is 21.0. The fourth-order valence-corrected chi connectivity index (χ4v) is 8.13. The molecule has 0 saturated heterocycles. The van der Waals surface area contributed by atoms with E-state index < -0.39 is 0 Å². The molecule has 4 fully saturated rings. The van der Waals surface area contributed by atoms with Crippen LogP contribution < -0.4 is 0 Å². The minimum absolute atomic E-state index is 0. The summed E-state index contributed by atoms with van der Waals surface area (Å²) < 4.78 is 0. The predicted octanol–water partition coefficient (Wildman–Crippen LogP) is 12.9. The van der Waals surface area contributed by atoms with Crippen LogP contribution in [0.15, 0.2) is 36.4 Å². The van der Waals surface area contributed by atoms with Crippen molar-refractivity contribution in [1.29, 1.82) is 0 Å². The number of aromatic hydroxyl groups is 2. The molecule has 0 aliphatic heterocycles. The molecule has 0 heterocycles. The molecule has 6 rings (SSSR count). The SMILES string of the molecule is CP(C)C.CP(C)C.Oc1c(C2CCCCC2)cccc1C1CCCCC1.Oc1c(C2CCCCC2)cccc1C1CCCCC1.[TaH3]. The molecule has 0 aromatic heterocycles. The van der Waals surface area contributed by atoms with E-state index in [0.29, 0.717) is 51.0 Å². The Kier molecular flexibility index (Phi) is 21.8. The Bertz CT molecular complexity index is 930. The van der Waals surface area contributed by atoms with Crippen molar-refractivity contribution >= 4 is 15.8 Å². The van der Waals surface area contributed by atoms with E-state index >= 15 is 0 Å². The molecule has 268 valence electrons. The molecule has 2 aromatic rings. The first-order valence-electron chi connectivity index (χ1n) is 19.0. The van der Waals surface area contributed by atoms with Crippen molar-refractivity contribution in [2.24, 2.45) is 0 Å². The molecular weight excluding hydrogens is 779 g/mol. The normalized spacial score (nSPS) is 19.7. The molecule has 2 nitrogen and oxygen atoms in total. The van der Waals surface area contributed by atoms with E-state index in [4.69, 9.17) is 0 Å². The van der Waals surface area contributed by atoms with Crippen LogP contribution in [0, 0.1) is 0 Å². The zero-order valence-corrected chi connectivity index (χ0v) is 38.3. The molecule has 2 N–H and O–H groups in total. The van der Waals surface area contributed by atoms with Crippen molar-refractivity contribution in [2.75, 3.05) is 40.0 Å². The third-order valence-electron chi connectivity index (χ3n) is 10.4. The van der Waals surface area contributed by atoms with Gasteiger partial charge in [-0.3, -0.25) is 0 Å². The number of phenolic OH excluding ortho intramolecular Hbond substituents is 2. The maximum absolute atomic E-state index is 10.7. The summed E-state index contributed by atoms with van der Waals surface area (Å²) in [4.78, 5) is 0. The van der Waals surface area contributed by atoms with Gasteiger partial charge in [0, 0.05) is 0 Å². The quantitative estimate of drug-likeness (QED) is 0.301. The summed E-state index contributed by atoms with van der Waals surface area (Å²) in [5.74, 6) is 3.71. The van der Waals surface area contributed by atoms with Crippen LogP contribution in [0.4, 0.5) is 0 Å². The van der Waals surface area contributed by atoms with Gasteiger partial charge in [-0.25, -0.2) is 0 Å². The molecule has 0 spiro atoms. The molecule has 47 heavy (non-hydrogen) atoms. The van der Waals surface area contributed by atoms with Crippen LogP contribution in [0.1, 0.15) is 174 Å². The summed E-state index contributed by atoms with van der Waals surface area (Å²) in [6.45, 7) is 13.4. The molecule has 0 atom stereocenters. The summed E-state index contributed by atoms with van der Waals surface area (Å²) in [6.07, 6.45) is 26.3. The summed E-state index contributed by atoms with van der Waals surface area (Å²) >= 11 is 0. The van der Waals surface area contributed by atoms with Crippen LogP contribution in [0.5, 0.6) is 11.5 Å². The molecule has 0 unspecified atom stereocenters. The number of phenols is 2. The van der Waals surface area contributed by atoms with Gasteiger partial charge < -0.3 is 10.2 Å². The van der Waals surface area contributed by atoms with Gasteiger partial charge in [-0.2, -0.15) is 0 Å². The summed E-state index contributed by atoms with van der Waals surface area (Å²) in [6, 6.07) is 13.0. The van der Waals surface area contributed by atoms with Gasteiger partial charge in [0.25, 0.3) is 0 Å². The van der Waals surface area contributed by atoms with E-state index in [-0.39, 0.29) is 22.4 Å². The molecule has 4 saturated carbocycles. The number of hydrogen-bond acceptors (Lipinski definition) is 2. The Balaban J connectivity index is 0.000000262. The summed E-state index contributed by atoms with van der Waals surface area (Å²) in [5.41, 5.74) is 4.95. The first kappa shape index (κ1) is 42.8. The number of benzene rings is 2. The average molecular weight is 853 g/mol. The van der Waals surface area contributed by atoms with Gasteiger partial charge in [0.1, 0.15) is 11.5 Å². The molecular formula is C42H73O2P2Ta. The average Bonchev–Trinajstić information content (AvgIpc) is 3.06. The summed E-state index contributed by atoms with van der Waals surface area (Å²) in [5, 5.41) is 21.4. The Labute approximate surface area is 309 Å². The molecule has 1 radical (unpaired) electrons. The monoisotopic (exact) mass is 852 g/mol. The van der Waals surface area contributed by atoms with E-state index in [0.717, 1.165) is 0 Å². The van der Waals surface area contributed by atoms with Gasteiger partial charge in [0.2, 0.25) is 0 Å².